The number of methoxy groups -OCH3 is 1. The predicted molar refractivity (Wildman–Crippen MR) is 120 cm³/mol. The molecule has 2 N–H and O–H groups in total. The van der Waals surface area contributed by atoms with Gasteiger partial charge in [-0.3, -0.25) is 19.5 Å². The molecule has 1 aromatic heterocycles. The molecule has 0 aliphatic carbocycles. The number of aliphatic hydroxyl groups excluding tert-OH is 1. The first-order valence-electron chi connectivity index (χ1n) is 9.37. The molecule has 1 unspecified atom stereocenters. The van der Waals surface area contributed by atoms with Gasteiger partial charge in [0, 0.05) is 23.0 Å². The highest BCUT2D eigenvalue weighted by molar-refractivity contribution is 6.52. The molecular formula is C23H16Cl2N2O5. The summed E-state index contributed by atoms with van der Waals surface area (Å²) in [7, 11) is 1.45. The number of amides is 1. The van der Waals surface area contributed by atoms with Gasteiger partial charge < -0.3 is 14.9 Å². The molecule has 1 aliphatic rings. The first-order chi connectivity index (χ1) is 15.3. The van der Waals surface area contributed by atoms with Gasteiger partial charge in [0.2, 0.25) is 0 Å². The number of aliphatic hydroxyl groups is 1. The number of anilines is 1. The highest BCUT2D eigenvalue weighted by Crippen LogP contribution is 2.45. The highest BCUT2D eigenvalue weighted by Gasteiger charge is 2.47. The summed E-state index contributed by atoms with van der Waals surface area (Å²) in [5, 5.41) is 22.0. The number of aromatic hydroxyl groups is 1. The fourth-order valence-corrected chi connectivity index (χ4v) is 4.02. The van der Waals surface area contributed by atoms with E-state index in [9.17, 15) is 19.8 Å². The maximum atomic E-state index is 13.1. The number of carbonyl (C=O) groups excluding carboxylic acids is 2. The van der Waals surface area contributed by atoms with E-state index >= 15 is 0 Å². The van der Waals surface area contributed by atoms with Crippen molar-refractivity contribution in [3.05, 3.63) is 87.7 Å². The van der Waals surface area contributed by atoms with Gasteiger partial charge >= 0.3 is 0 Å². The quantitative estimate of drug-likeness (QED) is 0.324. The van der Waals surface area contributed by atoms with Crippen molar-refractivity contribution in [3.63, 3.8) is 0 Å². The standard InChI is InChI=1S/C23H16Cl2N2O5/c1-32-18-7-4-12(9-15(18)25)21(29)19-20(13-3-2-8-26-11-13)27(23(31)22(19)30)16-10-14(24)5-6-17(16)28/h2-11,20,28-29H,1H3/b21-19+. The van der Waals surface area contributed by atoms with Crippen LogP contribution in [0.25, 0.3) is 5.76 Å². The number of pyridine rings is 1. The number of carbonyl (C=O) groups is 2. The van der Waals surface area contributed by atoms with E-state index < -0.39 is 23.5 Å². The molecule has 4 rings (SSSR count). The van der Waals surface area contributed by atoms with E-state index in [1.54, 1.807) is 12.1 Å². The lowest BCUT2D eigenvalue weighted by Gasteiger charge is -2.26. The Morgan fingerprint density at radius 1 is 1.12 bits per heavy atom. The minimum absolute atomic E-state index is 0.0280. The Hall–Kier alpha value is -3.55. The molecule has 32 heavy (non-hydrogen) atoms. The highest BCUT2D eigenvalue weighted by atomic mass is 35.5. The second-order valence-electron chi connectivity index (χ2n) is 6.94. The zero-order chi connectivity index (χ0) is 23.0. The minimum Gasteiger partial charge on any atom is -0.507 e. The molecule has 0 saturated carbocycles. The summed E-state index contributed by atoms with van der Waals surface area (Å²) in [6.07, 6.45) is 3.01. The zero-order valence-electron chi connectivity index (χ0n) is 16.6. The van der Waals surface area contributed by atoms with Gasteiger partial charge in [-0.15, -0.1) is 0 Å². The van der Waals surface area contributed by atoms with Gasteiger partial charge in [-0.05, 0) is 48.0 Å². The summed E-state index contributed by atoms with van der Waals surface area (Å²) in [4.78, 5) is 31.3. The molecule has 1 aliphatic heterocycles. The number of ketones is 1. The molecule has 1 saturated heterocycles. The number of ether oxygens (including phenoxy) is 1. The largest absolute Gasteiger partial charge is 0.507 e. The van der Waals surface area contributed by atoms with Gasteiger partial charge in [-0.1, -0.05) is 29.3 Å². The van der Waals surface area contributed by atoms with Gasteiger partial charge in [0.05, 0.1) is 29.4 Å². The third-order valence-corrected chi connectivity index (χ3v) is 5.60. The fourth-order valence-electron chi connectivity index (χ4n) is 3.59. The molecule has 7 nitrogen and oxygen atoms in total. The summed E-state index contributed by atoms with van der Waals surface area (Å²) < 4.78 is 5.13. The smallest absolute Gasteiger partial charge is 0.300 e. The number of hydrogen-bond donors (Lipinski definition) is 2. The Morgan fingerprint density at radius 3 is 2.56 bits per heavy atom. The second kappa shape index (κ2) is 8.53. The van der Waals surface area contributed by atoms with Crippen molar-refractivity contribution in [1.82, 2.24) is 4.98 Å². The normalized spacial score (nSPS) is 17.6. The van der Waals surface area contributed by atoms with Crippen LogP contribution in [0, 0.1) is 0 Å². The van der Waals surface area contributed by atoms with Gasteiger partial charge in [0.1, 0.15) is 17.3 Å². The van der Waals surface area contributed by atoms with Crippen LogP contribution in [-0.2, 0) is 9.59 Å². The van der Waals surface area contributed by atoms with Crippen LogP contribution in [0.15, 0.2) is 66.5 Å². The Labute approximate surface area is 193 Å². The predicted octanol–water partition coefficient (Wildman–Crippen LogP) is 4.73. The molecule has 0 radical (unpaired) electrons. The molecule has 162 valence electrons. The van der Waals surface area contributed by atoms with Crippen LogP contribution in [0.1, 0.15) is 17.2 Å². The third-order valence-electron chi connectivity index (χ3n) is 5.07. The average Bonchev–Trinajstić information content (AvgIpc) is 3.06. The second-order valence-corrected chi connectivity index (χ2v) is 7.78. The van der Waals surface area contributed by atoms with Crippen molar-refractivity contribution in [2.75, 3.05) is 12.0 Å². The van der Waals surface area contributed by atoms with E-state index in [0.717, 1.165) is 4.90 Å². The van der Waals surface area contributed by atoms with Crippen LogP contribution >= 0.6 is 23.2 Å². The Balaban J connectivity index is 1.96. The Kier molecular flexibility index (Phi) is 5.78. The van der Waals surface area contributed by atoms with Crippen molar-refractivity contribution in [2.24, 2.45) is 0 Å². The van der Waals surface area contributed by atoms with Crippen LogP contribution in [0.2, 0.25) is 10.0 Å². The van der Waals surface area contributed by atoms with Crippen molar-refractivity contribution >= 4 is 46.3 Å². The number of Topliss-reactive ketones (excluding diaryl/α,β-unsaturated/α-hetero) is 1. The van der Waals surface area contributed by atoms with Crippen LogP contribution in [-0.4, -0.2) is 34.0 Å². The van der Waals surface area contributed by atoms with Crippen molar-refractivity contribution < 1.29 is 24.5 Å². The van der Waals surface area contributed by atoms with Crippen LogP contribution in [0.3, 0.4) is 0 Å². The zero-order valence-corrected chi connectivity index (χ0v) is 18.1. The van der Waals surface area contributed by atoms with Gasteiger partial charge in [-0.25, -0.2) is 0 Å². The number of halogens is 2. The number of aromatic nitrogens is 1. The number of phenols is 1. The number of nitrogens with zero attached hydrogens (tertiary/aromatic N) is 2. The van der Waals surface area contributed by atoms with Gasteiger partial charge in [0.15, 0.2) is 0 Å². The number of rotatable bonds is 4. The first kappa shape index (κ1) is 21.7. The van der Waals surface area contributed by atoms with E-state index in [1.165, 1.54) is 55.9 Å². The SMILES string of the molecule is COc1ccc(/C(O)=C2\C(=O)C(=O)N(c3cc(Cl)ccc3O)C2c2cccnc2)cc1Cl. The van der Waals surface area contributed by atoms with Crippen LogP contribution in [0.4, 0.5) is 5.69 Å². The van der Waals surface area contributed by atoms with E-state index in [1.807, 2.05) is 0 Å². The molecule has 1 atom stereocenters. The summed E-state index contributed by atoms with van der Waals surface area (Å²) in [6, 6.07) is 10.9. The molecule has 0 bridgehead atoms. The average molecular weight is 471 g/mol. The van der Waals surface area contributed by atoms with E-state index in [2.05, 4.69) is 4.98 Å². The molecule has 1 fully saturated rings. The van der Waals surface area contributed by atoms with Crippen LogP contribution < -0.4 is 9.64 Å². The minimum atomic E-state index is -1.06. The van der Waals surface area contributed by atoms with E-state index in [0.29, 0.717) is 11.3 Å². The summed E-state index contributed by atoms with van der Waals surface area (Å²) in [5.74, 6) is -2.15. The Bertz CT molecular complexity index is 1260. The van der Waals surface area contributed by atoms with Gasteiger partial charge in [0.25, 0.3) is 11.7 Å². The lowest BCUT2D eigenvalue weighted by atomic mass is 9.96. The van der Waals surface area contributed by atoms with E-state index in [4.69, 9.17) is 27.9 Å². The number of phenolic OH excluding ortho intramolecular Hbond substituents is 1. The summed E-state index contributed by atoms with van der Waals surface area (Å²) in [5.41, 5.74) is 0.522. The molecule has 2 aromatic carbocycles. The molecule has 0 spiro atoms. The maximum Gasteiger partial charge on any atom is 0.300 e. The topological polar surface area (TPSA) is 100.0 Å². The lowest BCUT2D eigenvalue weighted by molar-refractivity contribution is -0.132. The third kappa shape index (κ3) is 3.66. The van der Waals surface area contributed by atoms with Gasteiger partial charge in [-0.2, -0.15) is 0 Å². The monoisotopic (exact) mass is 470 g/mol. The molecule has 1 amide bonds. The van der Waals surface area contributed by atoms with Crippen molar-refractivity contribution in [1.29, 1.82) is 0 Å². The molecular weight excluding hydrogens is 455 g/mol. The number of benzene rings is 2. The van der Waals surface area contributed by atoms with Crippen LogP contribution in [0.5, 0.6) is 11.5 Å². The summed E-state index contributed by atoms with van der Waals surface area (Å²) >= 11 is 12.3. The first-order valence-corrected chi connectivity index (χ1v) is 10.1. The molecule has 2 heterocycles. The number of hydrogen-bond acceptors (Lipinski definition) is 6. The van der Waals surface area contributed by atoms with Crippen molar-refractivity contribution in [3.8, 4) is 11.5 Å². The summed E-state index contributed by atoms with van der Waals surface area (Å²) in [6.45, 7) is 0. The Morgan fingerprint density at radius 2 is 1.91 bits per heavy atom. The fraction of sp³-hybridized carbons (Fsp3) is 0.0870. The molecule has 9 heteroatoms. The molecule has 3 aromatic rings. The van der Waals surface area contributed by atoms with E-state index in [-0.39, 0.29) is 32.6 Å². The lowest BCUT2D eigenvalue weighted by Crippen LogP contribution is -2.29. The van der Waals surface area contributed by atoms with Crippen molar-refractivity contribution in [2.45, 2.75) is 6.04 Å². The maximum absolute atomic E-state index is 13.1.